The van der Waals surface area contributed by atoms with Crippen LogP contribution in [0.2, 0.25) is 0 Å². The van der Waals surface area contributed by atoms with Gasteiger partial charge < -0.3 is 15.1 Å². The summed E-state index contributed by atoms with van der Waals surface area (Å²) in [6, 6.07) is 8.70. The minimum absolute atomic E-state index is 0.0357. The SMILES string of the molecule is CC1CN(C(=O)c2cc3ccccc3oc2=O)CC1N. The van der Waals surface area contributed by atoms with Gasteiger partial charge in [0.15, 0.2) is 0 Å². The Balaban J connectivity index is 2.00. The van der Waals surface area contributed by atoms with E-state index in [2.05, 4.69) is 0 Å². The number of hydrogen-bond acceptors (Lipinski definition) is 4. The number of carbonyl (C=O) groups is 1. The zero-order chi connectivity index (χ0) is 14.3. The smallest absolute Gasteiger partial charge is 0.349 e. The minimum Gasteiger partial charge on any atom is -0.422 e. The van der Waals surface area contributed by atoms with Crippen molar-refractivity contribution in [1.29, 1.82) is 0 Å². The lowest BCUT2D eigenvalue weighted by Gasteiger charge is -2.15. The molecule has 1 aliphatic heterocycles. The first-order valence-electron chi connectivity index (χ1n) is 6.64. The number of nitrogens with zero attached hydrogens (tertiary/aromatic N) is 1. The molecule has 0 radical (unpaired) electrons. The summed E-state index contributed by atoms with van der Waals surface area (Å²) in [6.45, 7) is 3.05. The number of fused-ring (bicyclic) bond motifs is 1. The van der Waals surface area contributed by atoms with Gasteiger partial charge in [0.2, 0.25) is 0 Å². The van der Waals surface area contributed by atoms with Gasteiger partial charge in [-0.2, -0.15) is 0 Å². The van der Waals surface area contributed by atoms with Crippen LogP contribution in [0, 0.1) is 5.92 Å². The topological polar surface area (TPSA) is 76.5 Å². The first-order valence-corrected chi connectivity index (χ1v) is 6.64. The fourth-order valence-electron chi connectivity index (χ4n) is 2.54. The van der Waals surface area contributed by atoms with Crippen LogP contribution in [0.4, 0.5) is 0 Å². The van der Waals surface area contributed by atoms with E-state index in [1.54, 1.807) is 23.1 Å². The molecule has 1 aliphatic rings. The van der Waals surface area contributed by atoms with Crippen LogP contribution in [0.3, 0.4) is 0 Å². The Bertz CT molecular complexity index is 712. The number of para-hydroxylation sites is 1. The van der Waals surface area contributed by atoms with Crippen LogP contribution in [0.1, 0.15) is 17.3 Å². The molecular weight excluding hydrogens is 256 g/mol. The molecule has 5 heteroatoms. The number of benzene rings is 1. The zero-order valence-corrected chi connectivity index (χ0v) is 11.2. The van der Waals surface area contributed by atoms with E-state index >= 15 is 0 Å². The van der Waals surface area contributed by atoms with Crippen molar-refractivity contribution in [3.8, 4) is 0 Å². The van der Waals surface area contributed by atoms with E-state index in [-0.39, 0.29) is 23.4 Å². The molecule has 3 rings (SSSR count). The number of hydrogen-bond donors (Lipinski definition) is 1. The van der Waals surface area contributed by atoms with Crippen molar-refractivity contribution in [3.05, 3.63) is 46.3 Å². The van der Waals surface area contributed by atoms with Crippen molar-refractivity contribution < 1.29 is 9.21 Å². The third kappa shape index (κ3) is 2.10. The van der Waals surface area contributed by atoms with Crippen molar-refractivity contribution in [2.75, 3.05) is 13.1 Å². The molecule has 1 amide bonds. The molecule has 2 aromatic rings. The molecule has 0 spiro atoms. The standard InChI is InChI=1S/C15H16N2O3/c1-9-7-17(8-12(9)16)14(18)11-6-10-4-2-3-5-13(10)20-15(11)19/h2-6,9,12H,7-8,16H2,1H3. The molecule has 1 aromatic heterocycles. The molecule has 2 N–H and O–H groups in total. The summed E-state index contributed by atoms with van der Waals surface area (Å²) in [5.74, 6) is -0.0595. The molecule has 0 bridgehead atoms. The van der Waals surface area contributed by atoms with Crippen LogP contribution in [-0.4, -0.2) is 29.9 Å². The highest BCUT2D eigenvalue weighted by Gasteiger charge is 2.31. The van der Waals surface area contributed by atoms with Crippen molar-refractivity contribution in [1.82, 2.24) is 4.90 Å². The Morgan fingerprint density at radius 2 is 2.10 bits per heavy atom. The second-order valence-electron chi connectivity index (χ2n) is 5.34. The first-order chi connectivity index (χ1) is 9.56. The van der Waals surface area contributed by atoms with Gasteiger partial charge in [0, 0.05) is 24.5 Å². The molecule has 2 unspecified atom stereocenters. The maximum Gasteiger partial charge on any atom is 0.349 e. The number of rotatable bonds is 1. The lowest BCUT2D eigenvalue weighted by molar-refractivity contribution is 0.0783. The van der Waals surface area contributed by atoms with Gasteiger partial charge in [-0.3, -0.25) is 4.79 Å². The highest BCUT2D eigenvalue weighted by molar-refractivity contribution is 5.96. The zero-order valence-electron chi connectivity index (χ0n) is 11.2. The van der Waals surface area contributed by atoms with Crippen LogP contribution in [0.5, 0.6) is 0 Å². The summed E-state index contributed by atoms with van der Waals surface area (Å²) in [5.41, 5.74) is 5.88. The van der Waals surface area contributed by atoms with Crippen LogP contribution in [-0.2, 0) is 0 Å². The Labute approximate surface area is 116 Å². The second-order valence-corrected chi connectivity index (χ2v) is 5.34. The molecule has 1 aromatic carbocycles. The van der Waals surface area contributed by atoms with Gasteiger partial charge in [-0.15, -0.1) is 0 Å². The highest BCUT2D eigenvalue weighted by atomic mass is 16.4. The number of likely N-dealkylation sites (tertiary alicyclic amines) is 1. The summed E-state index contributed by atoms with van der Waals surface area (Å²) in [6.07, 6.45) is 0. The molecule has 2 heterocycles. The lowest BCUT2D eigenvalue weighted by atomic mass is 10.1. The largest absolute Gasteiger partial charge is 0.422 e. The van der Waals surface area contributed by atoms with Crippen LogP contribution < -0.4 is 11.4 Å². The van der Waals surface area contributed by atoms with Gasteiger partial charge >= 0.3 is 5.63 Å². The third-order valence-electron chi connectivity index (χ3n) is 3.83. The van der Waals surface area contributed by atoms with Crippen LogP contribution in [0.25, 0.3) is 11.0 Å². The van der Waals surface area contributed by atoms with E-state index in [9.17, 15) is 9.59 Å². The molecule has 0 aliphatic carbocycles. The Hall–Kier alpha value is -2.14. The normalized spacial score (nSPS) is 22.4. The van der Waals surface area contributed by atoms with E-state index < -0.39 is 5.63 Å². The molecule has 5 nitrogen and oxygen atoms in total. The quantitative estimate of drug-likeness (QED) is 0.792. The predicted molar refractivity (Wildman–Crippen MR) is 75.5 cm³/mol. The predicted octanol–water partition coefficient (Wildman–Crippen LogP) is 1.21. The minimum atomic E-state index is -0.596. The molecule has 20 heavy (non-hydrogen) atoms. The average Bonchev–Trinajstić information content (AvgIpc) is 2.77. The van der Waals surface area contributed by atoms with E-state index in [0.29, 0.717) is 18.7 Å². The van der Waals surface area contributed by atoms with Crippen LogP contribution in [0.15, 0.2) is 39.5 Å². The van der Waals surface area contributed by atoms with Gasteiger partial charge in [-0.1, -0.05) is 25.1 Å². The van der Waals surface area contributed by atoms with Gasteiger partial charge in [0.1, 0.15) is 11.1 Å². The Kier molecular flexibility index (Phi) is 3.06. The molecule has 104 valence electrons. The lowest BCUT2D eigenvalue weighted by Crippen LogP contribution is -2.34. The van der Waals surface area contributed by atoms with Gasteiger partial charge in [0.05, 0.1) is 0 Å². The summed E-state index contributed by atoms with van der Waals surface area (Å²) in [7, 11) is 0. The number of nitrogens with two attached hydrogens (primary N) is 1. The molecule has 2 atom stereocenters. The monoisotopic (exact) mass is 272 g/mol. The van der Waals surface area contributed by atoms with E-state index in [1.807, 2.05) is 19.1 Å². The summed E-state index contributed by atoms with van der Waals surface area (Å²) in [4.78, 5) is 26.0. The van der Waals surface area contributed by atoms with Gasteiger partial charge in [-0.05, 0) is 18.1 Å². The maximum absolute atomic E-state index is 12.4. The van der Waals surface area contributed by atoms with Crippen LogP contribution >= 0.6 is 0 Å². The Morgan fingerprint density at radius 3 is 2.80 bits per heavy atom. The van der Waals surface area contributed by atoms with E-state index in [0.717, 1.165) is 5.39 Å². The van der Waals surface area contributed by atoms with E-state index in [4.69, 9.17) is 10.2 Å². The number of carbonyl (C=O) groups excluding carboxylic acids is 1. The van der Waals surface area contributed by atoms with E-state index in [1.165, 1.54) is 0 Å². The fraction of sp³-hybridized carbons (Fsp3) is 0.333. The highest BCUT2D eigenvalue weighted by Crippen LogP contribution is 2.18. The van der Waals surface area contributed by atoms with Crippen molar-refractivity contribution in [3.63, 3.8) is 0 Å². The molecule has 1 fully saturated rings. The van der Waals surface area contributed by atoms with Crippen molar-refractivity contribution in [2.24, 2.45) is 11.7 Å². The summed E-state index contributed by atoms with van der Waals surface area (Å²) in [5, 5.41) is 0.743. The van der Waals surface area contributed by atoms with Gasteiger partial charge in [-0.25, -0.2) is 4.79 Å². The number of amides is 1. The first kappa shape index (κ1) is 12.9. The molecule has 1 saturated heterocycles. The molecule has 0 saturated carbocycles. The van der Waals surface area contributed by atoms with Gasteiger partial charge in [0.25, 0.3) is 5.91 Å². The summed E-state index contributed by atoms with van der Waals surface area (Å²) < 4.78 is 5.19. The van der Waals surface area contributed by atoms with Crippen molar-refractivity contribution in [2.45, 2.75) is 13.0 Å². The average molecular weight is 272 g/mol. The summed E-state index contributed by atoms with van der Waals surface area (Å²) >= 11 is 0. The molecular formula is C15H16N2O3. The van der Waals surface area contributed by atoms with Crippen molar-refractivity contribution >= 4 is 16.9 Å². The maximum atomic E-state index is 12.4. The third-order valence-corrected chi connectivity index (χ3v) is 3.83. The second kappa shape index (κ2) is 4.76. The fourth-order valence-corrected chi connectivity index (χ4v) is 2.54. The Morgan fingerprint density at radius 1 is 1.35 bits per heavy atom.